The van der Waals surface area contributed by atoms with E-state index in [0.29, 0.717) is 8.95 Å². The van der Waals surface area contributed by atoms with Crippen molar-refractivity contribution >= 4 is 43.5 Å². The standard InChI is InChI=1S/C7H4Br2N2O4/c8-3-1-4(7(12)13)6(5(9)2-3)10-11(14)15/h1-2,10H,(H,12,13). The summed E-state index contributed by atoms with van der Waals surface area (Å²) in [4.78, 5) is 21.1. The molecule has 15 heavy (non-hydrogen) atoms. The first-order chi connectivity index (χ1) is 6.91. The minimum atomic E-state index is -1.25. The Morgan fingerprint density at radius 3 is 2.53 bits per heavy atom. The Morgan fingerprint density at radius 1 is 1.47 bits per heavy atom. The number of aromatic carboxylic acids is 1. The average Bonchev–Trinajstić information content (AvgIpc) is 2.08. The maximum atomic E-state index is 10.8. The van der Waals surface area contributed by atoms with Gasteiger partial charge < -0.3 is 5.11 Å². The molecule has 0 unspecified atom stereocenters. The number of nitrogens with one attached hydrogen (secondary N) is 1. The molecule has 0 aliphatic heterocycles. The van der Waals surface area contributed by atoms with Crippen LogP contribution in [0.15, 0.2) is 21.1 Å². The summed E-state index contributed by atoms with van der Waals surface area (Å²) in [6.07, 6.45) is 0. The molecule has 0 radical (unpaired) electrons. The molecular formula is C7H4Br2N2O4. The second-order valence-electron chi connectivity index (χ2n) is 2.48. The highest BCUT2D eigenvalue weighted by molar-refractivity contribution is 9.11. The molecule has 0 fully saturated rings. The molecule has 1 rings (SSSR count). The Labute approximate surface area is 101 Å². The van der Waals surface area contributed by atoms with Gasteiger partial charge >= 0.3 is 5.97 Å². The number of halogens is 2. The van der Waals surface area contributed by atoms with Gasteiger partial charge in [-0.3, -0.25) is 0 Å². The van der Waals surface area contributed by atoms with E-state index >= 15 is 0 Å². The van der Waals surface area contributed by atoms with Crippen molar-refractivity contribution in [2.75, 3.05) is 5.43 Å². The Hall–Kier alpha value is -1.15. The molecule has 0 heterocycles. The summed E-state index contributed by atoms with van der Waals surface area (Å²) < 4.78 is 0.812. The number of carbonyl (C=O) groups is 1. The lowest BCUT2D eigenvalue weighted by molar-refractivity contribution is -0.445. The number of benzene rings is 1. The van der Waals surface area contributed by atoms with Crippen LogP contribution in [0.25, 0.3) is 0 Å². The van der Waals surface area contributed by atoms with Crippen molar-refractivity contribution in [3.8, 4) is 0 Å². The third kappa shape index (κ3) is 2.90. The van der Waals surface area contributed by atoms with E-state index in [0.717, 1.165) is 0 Å². The predicted molar refractivity (Wildman–Crippen MR) is 59.4 cm³/mol. The molecule has 0 aliphatic carbocycles. The van der Waals surface area contributed by atoms with Crippen LogP contribution in [0.1, 0.15) is 10.4 Å². The van der Waals surface area contributed by atoms with Crippen LogP contribution in [0.4, 0.5) is 5.69 Å². The monoisotopic (exact) mass is 338 g/mol. The first-order valence-electron chi connectivity index (χ1n) is 3.55. The number of hydrazine groups is 1. The van der Waals surface area contributed by atoms with Gasteiger partial charge in [0.05, 0.1) is 5.56 Å². The van der Waals surface area contributed by atoms with E-state index in [2.05, 4.69) is 31.9 Å². The van der Waals surface area contributed by atoms with Crippen LogP contribution in [0.3, 0.4) is 0 Å². The normalized spacial score (nSPS) is 9.73. The van der Waals surface area contributed by atoms with Crippen LogP contribution >= 0.6 is 31.9 Å². The molecule has 0 aromatic heterocycles. The molecule has 80 valence electrons. The van der Waals surface area contributed by atoms with E-state index in [1.807, 2.05) is 5.43 Å². The van der Waals surface area contributed by atoms with E-state index in [-0.39, 0.29) is 11.3 Å². The summed E-state index contributed by atoms with van der Waals surface area (Å²) in [5, 5.41) is 18.3. The second-order valence-corrected chi connectivity index (χ2v) is 4.25. The van der Waals surface area contributed by atoms with Gasteiger partial charge in [-0.05, 0) is 28.1 Å². The summed E-state index contributed by atoms with van der Waals surface area (Å²) >= 11 is 6.13. The van der Waals surface area contributed by atoms with E-state index < -0.39 is 11.0 Å². The van der Waals surface area contributed by atoms with Crippen molar-refractivity contribution in [3.05, 3.63) is 36.8 Å². The maximum absolute atomic E-state index is 10.8. The summed E-state index contributed by atoms with van der Waals surface area (Å²) in [6.45, 7) is 0. The van der Waals surface area contributed by atoms with Gasteiger partial charge in [0.15, 0.2) is 5.03 Å². The molecule has 0 aliphatic rings. The minimum absolute atomic E-state index is 0.0873. The fourth-order valence-electron chi connectivity index (χ4n) is 0.947. The van der Waals surface area contributed by atoms with Crippen molar-refractivity contribution in [3.63, 3.8) is 0 Å². The lowest BCUT2D eigenvalue weighted by Crippen LogP contribution is -2.12. The van der Waals surface area contributed by atoms with Gasteiger partial charge in [-0.1, -0.05) is 15.9 Å². The third-order valence-electron chi connectivity index (χ3n) is 1.49. The zero-order valence-electron chi connectivity index (χ0n) is 7.03. The lowest BCUT2D eigenvalue weighted by Gasteiger charge is -2.05. The maximum Gasteiger partial charge on any atom is 0.338 e. The number of nitro groups is 1. The van der Waals surface area contributed by atoms with E-state index in [4.69, 9.17) is 5.11 Å². The molecule has 2 N–H and O–H groups in total. The van der Waals surface area contributed by atoms with Crippen LogP contribution < -0.4 is 5.43 Å². The number of rotatable bonds is 3. The molecule has 0 saturated heterocycles. The Morgan fingerprint density at radius 2 is 2.07 bits per heavy atom. The SMILES string of the molecule is O=C(O)c1cc(Br)cc(Br)c1N[N+](=O)[O-]. The van der Waals surface area contributed by atoms with Crippen molar-refractivity contribution in [2.45, 2.75) is 0 Å². The van der Waals surface area contributed by atoms with Gasteiger partial charge in [0, 0.05) is 8.95 Å². The third-order valence-corrected chi connectivity index (χ3v) is 2.57. The molecule has 0 bridgehead atoms. The molecule has 0 saturated carbocycles. The molecule has 0 amide bonds. The molecule has 6 nitrogen and oxygen atoms in total. The van der Waals surface area contributed by atoms with Crippen LogP contribution in [-0.2, 0) is 0 Å². The quantitative estimate of drug-likeness (QED) is 0.652. The summed E-state index contributed by atoms with van der Waals surface area (Å²) in [6, 6.07) is 2.79. The zero-order valence-corrected chi connectivity index (χ0v) is 10.2. The molecule has 0 spiro atoms. The fraction of sp³-hybridized carbons (Fsp3) is 0. The second kappa shape index (κ2) is 4.58. The molecule has 1 aromatic carbocycles. The highest BCUT2D eigenvalue weighted by Crippen LogP contribution is 2.30. The van der Waals surface area contributed by atoms with Crippen molar-refractivity contribution in [2.24, 2.45) is 0 Å². The first kappa shape index (κ1) is 11.9. The number of hydrogen-bond acceptors (Lipinski definition) is 3. The van der Waals surface area contributed by atoms with Gasteiger partial charge in [-0.2, -0.15) is 0 Å². The molecule has 0 atom stereocenters. The van der Waals surface area contributed by atoms with Gasteiger partial charge in [0.2, 0.25) is 0 Å². The van der Waals surface area contributed by atoms with Crippen molar-refractivity contribution in [1.82, 2.24) is 0 Å². The molecule has 8 heteroatoms. The van der Waals surface area contributed by atoms with Crippen LogP contribution in [0.5, 0.6) is 0 Å². The highest BCUT2D eigenvalue weighted by Gasteiger charge is 2.17. The number of carboxylic acid groups (broad SMARTS) is 1. The highest BCUT2D eigenvalue weighted by atomic mass is 79.9. The van der Waals surface area contributed by atoms with Crippen LogP contribution in [0.2, 0.25) is 0 Å². The topological polar surface area (TPSA) is 92.5 Å². The first-order valence-corrected chi connectivity index (χ1v) is 5.14. The fourth-order valence-corrected chi connectivity index (χ4v) is 2.26. The van der Waals surface area contributed by atoms with Crippen molar-refractivity contribution in [1.29, 1.82) is 0 Å². The van der Waals surface area contributed by atoms with E-state index in [9.17, 15) is 14.9 Å². The number of anilines is 1. The predicted octanol–water partition coefficient (Wildman–Crippen LogP) is 2.51. The van der Waals surface area contributed by atoms with Crippen LogP contribution in [0, 0.1) is 10.1 Å². The number of hydrogen-bond donors (Lipinski definition) is 2. The smallest absolute Gasteiger partial charge is 0.338 e. The van der Waals surface area contributed by atoms with Crippen molar-refractivity contribution < 1.29 is 14.9 Å². The Kier molecular flexibility index (Phi) is 3.64. The van der Waals surface area contributed by atoms with Gasteiger partial charge in [-0.15, -0.1) is 5.43 Å². The summed E-state index contributed by atoms with van der Waals surface area (Å²) in [5.41, 5.74) is 1.55. The number of nitrogens with zero attached hydrogens (tertiary/aromatic N) is 1. The van der Waals surface area contributed by atoms with Gasteiger partial charge in [0.25, 0.3) is 0 Å². The Balaban J connectivity index is 3.33. The minimum Gasteiger partial charge on any atom is -0.478 e. The summed E-state index contributed by atoms with van der Waals surface area (Å²) in [5.74, 6) is -1.25. The molecule has 1 aromatic rings. The van der Waals surface area contributed by atoms with Gasteiger partial charge in [-0.25, -0.2) is 14.9 Å². The number of carboxylic acids is 1. The van der Waals surface area contributed by atoms with E-state index in [1.54, 1.807) is 0 Å². The van der Waals surface area contributed by atoms with Crippen LogP contribution in [-0.4, -0.2) is 16.1 Å². The Bertz CT molecular complexity index is 435. The average molecular weight is 340 g/mol. The lowest BCUT2D eigenvalue weighted by atomic mass is 10.2. The molecular weight excluding hydrogens is 336 g/mol. The summed E-state index contributed by atoms with van der Waals surface area (Å²) in [7, 11) is 0. The van der Waals surface area contributed by atoms with E-state index in [1.165, 1.54) is 12.1 Å². The zero-order chi connectivity index (χ0) is 11.6. The van der Waals surface area contributed by atoms with Gasteiger partial charge in [0.1, 0.15) is 5.69 Å². The largest absolute Gasteiger partial charge is 0.478 e.